The normalized spacial score (nSPS) is 21.0. The largest absolute Gasteiger partial charge is 0.408 e. The third kappa shape index (κ3) is 6.19. The molecule has 0 radical (unpaired) electrons. The van der Waals surface area contributed by atoms with Crippen molar-refractivity contribution in [3.05, 3.63) is 102 Å². The number of rotatable bonds is 7. The van der Waals surface area contributed by atoms with Gasteiger partial charge >= 0.3 is 0 Å². The number of sulfonamides is 1. The molecule has 0 amide bonds. The van der Waals surface area contributed by atoms with Gasteiger partial charge in [0.1, 0.15) is 6.23 Å². The minimum atomic E-state index is -4.03. The van der Waals surface area contributed by atoms with Crippen molar-refractivity contribution in [2.75, 3.05) is 0 Å². The van der Waals surface area contributed by atoms with Gasteiger partial charge in [-0.3, -0.25) is 0 Å². The van der Waals surface area contributed by atoms with Crippen molar-refractivity contribution in [1.29, 1.82) is 0 Å². The monoisotopic (exact) mass is 609 g/mol. The van der Waals surface area contributed by atoms with Crippen LogP contribution in [0.25, 0.3) is 0 Å². The molecule has 0 unspecified atom stereocenters. The Morgan fingerprint density at radius 2 is 1.07 bits per heavy atom. The van der Waals surface area contributed by atoms with Gasteiger partial charge < -0.3 is 8.85 Å². The lowest BCUT2D eigenvalue weighted by molar-refractivity contribution is -0.0194. The van der Waals surface area contributed by atoms with Crippen LogP contribution < -0.4 is 0 Å². The molecule has 5 nitrogen and oxygen atoms in total. The van der Waals surface area contributed by atoms with Crippen LogP contribution in [0, 0.1) is 0 Å². The first-order valence-corrected chi connectivity index (χ1v) is 21.7. The fourth-order valence-electron chi connectivity index (χ4n) is 4.74. The summed E-state index contributed by atoms with van der Waals surface area (Å²) in [5.41, 5.74) is 2.73. The van der Waals surface area contributed by atoms with E-state index in [1.54, 1.807) is 28.6 Å². The van der Waals surface area contributed by atoms with E-state index in [9.17, 15) is 8.42 Å². The van der Waals surface area contributed by atoms with Crippen LogP contribution in [0.4, 0.5) is 0 Å². The highest BCUT2D eigenvalue weighted by Crippen LogP contribution is 2.55. The highest BCUT2D eigenvalue weighted by Gasteiger charge is 2.53. The van der Waals surface area contributed by atoms with E-state index >= 15 is 0 Å². The van der Waals surface area contributed by atoms with Gasteiger partial charge in [0.05, 0.1) is 17.0 Å². The number of nitrogens with zero attached hydrogens (tertiary/aromatic N) is 1. The zero-order valence-corrected chi connectivity index (χ0v) is 29.1. The summed E-state index contributed by atoms with van der Waals surface area (Å²) < 4.78 is 45.7. The molecule has 41 heavy (non-hydrogen) atoms. The summed E-state index contributed by atoms with van der Waals surface area (Å²) in [5, 5.41) is -0.193. The van der Waals surface area contributed by atoms with Gasteiger partial charge in [-0.1, -0.05) is 114 Å². The van der Waals surface area contributed by atoms with Crippen LogP contribution in [-0.2, 0) is 18.9 Å². The summed E-state index contributed by atoms with van der Waals surface area (Å²) in [6.45, 7) is 22.0. The third-order valence-electron chi connectivity index (χ3n) is 9.26. The van der Waals surface area contributed by atoms with Crippen molar-refractivity contribution in [2.45, 2.75) is 101 Å². The highest BCUT2D eigenvalue weighted by molar-refractivity contribution is 7.89. The lowest BCUT2D eigenvalue weighted by Crippen LogP contribution is -2.53. The van der Waals surface area contributed by atoms with Crippen molar-refractivity contribution < 1.29 is 17.3 Å². The van der Waals surface area contributed by atoms with Gasteiger partial charge in [-0.15, -0.1) is 0 Å². The van der Waals surface area contributed by atoms with Gasteiger partial charge in [0.25, 0.3) is 0 Å². The SMILES string of the molecule is CC(C)(C)[Si](C)(C)O[C@@H]1c2ccccc2[C@H](O[Si](C)(C)C(C)(C)C)[C@H](c2ccccc2)N1S(=O)(=O)c1ccccc1. The van der Waals surface area contributed by atoms with Crippen molar-refractivity contribution in [3.8, 4) is 0 Å². The molecule has 1 heterocycles. The quantitative estimate of drug-likeness (QED) is 0.251. The van der Waals surface area contributed by atoms with Gasteiger partial charge in [0, 0.05) is 5.56 Å². The molecule has 4 rings (SSSR count). The van der Waals surface area contributed by atoms with Gasteiger partial charge in [0.15, 0.2) is 16.6 Å². The Labute approximate surface area is 250 Å². The van der Waals surface area contributed by atoms with Crippen molar-refractivity contribution in [1.82, 2.24) is 4.31 Å². The topological polar surface area (TPSA) is 55.8 Å². The zero-order valence-electron chi connectivity index (χ0n) is 26.3. The molecule has 8 heteroatoms. The van der Waals surface area contributed by atoms with E-state index < -0.39 is 45.0 Å². The Hall–Kier alpha value is -2.08. The lowest BCUT2D eigenvalue weighted by atomic mass is 9.88. The molecule has 3 aromatic rings. The van der Waals surface area contributed by atoms with Gasteiger partial charge in [-0.2, -0.15) is 4.31 Å². The molecule has 0 aromatic heterocycles. The Morgan fingerprint density at radius 1 is 0.634 bits per heavy atom. The molecule has 3 aromatic carbocycles. The summed E-state index contributed by atoms with van der Waals surface area (Å²) in [7, 11) is -8.83. The summed E-state index contributed by atoms with van der Waals surface area (Å²) in [5.74, 6) is 0. The predicted octanol–water partition coefficient (Wildman–Crippen LogP) is 9.22. The molecule has 0 spiro atoms. The maximum absolute atomic E-state index is 14.9. The van der Waals surface area contributed by atoms with Crippen LogP contribution in [-0.4, -0.2) is 29.4 Å². The molecule has 3 atom stereocenters. The lowest BCUT2D eigenvalue weighted by Gasteiger charge is -2.51. The standard InChI is InChI=1S/C33H47NO4SSi2/c1-32(2,3)40(7,8)37-30-27-23-17-18-24-28(27)31(38-41(9,10)33(4,5)6)34(29(30)25-19-13-11-14-20-25)39(35,36)26-21-15-12-16-22-26/h11-24,29-31H,1-10H3/t29-,30-,31+/m0/s1. The van der Waals surface area contributed by atoms with E-state index in [-0.39, 0.29) is 15.0 Å². The van der Waals surface area contributed by atoms with Crippen LogP contribution in [0.5, 0.6) is 0 Å². The smallest absolute Gasteiger partial charge is 0.246 e. The second-order valence-corrected chi connectivity index (χ2v) is 25.5. The minimum absolute atomic E-state index is 0.0686. The number of hydrogen-bond acceptors (Lipinski definition) is 4. The summed E-state index contributed by atoms with van der Waals surface area (Å²) in [6.07, 6.45) is -1.31. The first-order valence-electron chi connectivity index (χ1n) is 14.5. The van der Waals surface area contributed by atoms with E-state index in [1.165, 1.54) is 0 Å². The maximum Gasteiger partial charge on any atom is 0.246 e. The second kappa shape index (κ2) is 11.2. The van der Waals surface area contributed by atoms with Crippen LogP contribution >= 0.6 is 0 Å². The predicted molar refractivity (Wildman–Crippen MR) is 173 cm³/mol. The summed E-state index contributed by atoms with van der Waals surface area (Å²) in [4.78, 5) is 0.246. The summed E-state index contributed by atoms with van der Waals surface area (Å²) in [6, 6.07) is 26.1. The Bertz CT molecular complexity index is 1450. The highest BCUT2D eigenvalue weighted by atomic mass is 32.2. The molecular formula is C33H47NO4SSi2. The molecule has 1 aliphatic rings. The van der Waals surface area contributed by atoms with Crippen LogP contribution in [0.1, 0.15) is 76.6 Å². The molecule has 0 fully saturated rings. The molecular weight excluding hydrogens is 563 g/mol. The van der Waals surface area contributed by atoms with E-state index in [1.807, 2.05) is 54.6 Å². The first kappa shape index (κ1) is 31.9. The van der Waals surface area contributed by atoms with Crippen molar-refractivity contribution >= 4 is 26.7 Å². The van der Waals surface area contributed by atoms with Crippen LogP contribution in [0.3, 0.4) is 0 Å². The van der Waals surface area contributed by atoms with E-state index in [2.05, 4.69) is 73.8 Å². The Balaban J connectivity index is 2.07. The fourth-order valence-corrected chi connectivity index (χ4v) is 8.89. The van der Waals surface area contributed by atoms with E-state index in [0.717, 1.165) is 16.7 Å². The number of hydrogen-bond donors (Lipinski definition) is 0. The zero-order chi connectivity index (χ0) is 30.4. The van der Waals surface area contributed by atoms with Crippen LogP contribution in [0.15, 0.2) is 89.8 Å². The average Bonchev–Trinajstić information content (AvgIpc) is 2.89. The van der Waals surface area contributed by atoms with Crippen LogP contribution in [0.2, 0.25) is 36.3 Å². The maximum atomic E-state index is 14.9. The van der Waals surface area contributed by atoms with E-state index in [0.29, 0.717) is 0 Å². The number of benzene rings is 3. The van der Waals surface area contributed by atoms with Gasteiger partial charge in [-0.05, 0) is 59.5 Å². The molecule has 0 N–H and O–H groups in total. The van der Waals surface area contributed by atoms with Crippen molar-refractivity contribution in [2.24, 2.45) is 0 Å². The summed E-state index contributed by atoms with van der Waals surface area (Å²) >= 11 is 0. The molecule has 0 aliphatic carbocycles. The molecule has 222 valence electrons. The number of fused-ring (bicyclic) bond motifs is 1. The molecule has 0 saturated carbocycles. The first-order chi connectivity index (χ1) is 18.9. The molecule has 0 saturated heterocycles. The molecule has 0 bridgehead atoms. The van der Waals surface area contributed by atoms with Gasteiger partial charge in [-0.25, -0.2) is 8.42 Å². The fraction of sp³-hybridized carbons (Fsp3) is 0.455. The van der Waals surface area contributed by atoms with Gasteiger partial charge in [0.2, 0.25) is 10.0 Å². The second-order valence-electron chi connectivity index (χ2n) is 14.2. The average molecular weight is 610 g/mol. The van der Waals surface area contributed by atoms with E-state index in [4.69, 9.17) is 8.85 Å². The third-order valence-corrected chi connectivity index (χ3v) is 20.0. The minimum Gasteiger partial charge on any atom is -0.408 e. The molecule has 1 aliphatic heterocycles. The Kier molecular flexibility index (Phi) is 8.71. The Morgan fingerprint density at radius 3 is 1.59 bits per heavy atom. The van der Waals surface area contributed by atoms with Crippen molar-refractivity contribution in [3.63, 3.8) is 0 Å².